The molecule has 1 amide bonds. The maximum Gasteiger partial charge on any atom is 0.260 e. The van der Waals surface area contributed by atoms with E-state index in [4.69, 9.17) is 9.47 Å². The highest BCUT2D eigenvalue weighted by molar-refractivity contribution is 9.10. The number of hydrogen-bond donors (Lipinski definition) is 1. The van der Waals surface area contributed by atoms with Gasteiger partial charge >= 0.3 is 0 Å². The second-order valence-electron chi connectivity index (χ2n) is 3.71. The number of nitrogens with one attached hydrogen (secondary N) is 1. The normalized spacial score (nSPS) is 11.9. The van der Waals surface area contributed by atoms with E-state index in [1.807, 2.05) is 0 Å². The number of ether oxygens (including phenoxy) is 2. The predicted octanol–water partition coefficient (Wildman–Crippen LogP) is 1.76. The molecule has 1 N–H and O–H groups in total. The van der Waals surface area contributed by atoms with Gasteiger partial charge in [-0.2, -0.15) is 0 Å². The lowest BCUT2D eigenvalue weighted by Crippen LogP contribution is -2.37. The summed E-state index contributed by atoms with van der Waals surface area (Å²) in [4.78, 5) is 15.7. The number of nitrogens with zero attached hydrogens (tertiary/aromatic N) is 1. The second kappa shape index (κ2) is 8.05. The molecule has 1 heterocycles. The van der Waals surface area contributed by atoms with Gasteiger partial charge in [0.15, 0.2) is 6.10 Å². The first kappa shape index (κ1) is 14.9. The lowest BCUT2D eigenvalue weighted by molar-refractivity contribution is -0.127. The molecule has 1 aromatic rings. The van der Waals surface area contributed by atoms with Crippen molar-refractivity contribution in [3.63, 3.8) is 0 Å². The molecule has 1 aromatic heterocycles. The Bertz CT molecular complexity index is 370. The average molecular weight is 317 g/mol. The van der Waals surface area contributed by atoms with Crippen LogP contribution in [0.3, 0.4) is 0 Å². The lowest BCUT2D eigenvalue weighted by atomic mass is 10.3. The predicted molar refractivity (Wildman–Crippen MR) is 71.5 cm³/mol. The van der Waals surface area contributed by atoms with Gasteiger partial charge in [0.25, 0.3) is 5.91 Å². The quantitative estimate of drug-likeness (QED) is 0.615. The van der Waals surface area contributed by atoms with E-state index in [0.29, 0.717) is 18.9 Å². The van der Waals surface area contributed by atoms with Gasteiger partial charge in [0.2, 0.25) is 0 Å². The maximum atomic E-state index is 11.7. The smallest absolute Gasteiger partial charge is 0.260 e. The molecule has 5 nitrogen and oxygen atoms in total. The van der Waals surface area contributed by atoms with Gasteiger partial charge in [-0.15, -0.1) is 0 Å². The summed E-state index contributed by atoms with van der Waals surface area (Å²) in [6.45, 7) is 2.92. The van der Waals surface area contributed by atoms with Crippen LogP contribution in [0.5, 0.6) is 5.75 Å². The minimum absolute atomic E-state index is 0.144. The fourth-order valence-corrected chi connectivity index (χ4v) is 1.50. The molecule has 0 fully saturated rings. The van der Waals surface area contributed by atoms with Crippen molar-refractivity contribution in [2.24, 2.45) is 0 Å². The molecule has 0 aromatic carbocycles. The topological polar surface area (TPSA) is 60.5 Å². The summed E-state index contributed by atoms with van der Waals surface area (Å²) in [5, 5.41) is 2.78. The van der Waals surface area contributed by atoms with Crippen molar-refractivity contribution in [2.75, 3.05) is 20.3 Å². The molecule has 1 atom stereocenters. The van der Waals surface area contributed by atoms with Gasteiger partial charge < -0.3 is 14.8 Å². The molecule has 18 heavy (non-hydrogen) atoms. The van der Waals surface area contributed by atoms with Crippen LogP contribution in [0.4, 0.5) is 0 Å². The fraction of sp³-hybridized carbons (Fsp3) is 0.500. The van der Waals surface area contributed by atoms with Crippen molar-refractivity contribution in [1.82, 2.24) is 10.3 Å². The molecule has 0 radical (unpaired) electrons. The van der Waals surface area contributed by atoms with Gasteiger partial charge in [-0.05, 0) is 41.4 Å². The summed E-state index contributed by atoms with van der Waals surface area (Å²) < 4.78 is 11.1. The molecule has 0 saturated carbocycles. The largest absolute Gasteiger partial charge is 0.479 e. The van der Waals surface area contributed by atoms with Crippen molar-refractivity contribution < 1.29 is 14.3 Å². The van der Waals surface area contributed by atoms with E-state index >= 15 is 0 Å². The van der Waals surface area contributed by atoms with Crippen LogP contribution in [0, 0.1) is 0 Å². The Morgan fingerprint density at radius 2 is 2.33 bits per heavy atom. The number of amides is 1. The second-order valence-corrected chi connectivity index (χ2v) is 4.53. The summed E-state index contributed by atoms with van der Waals surface area (Å²) in [5.74, 6) is 0.423. The molecular formula is C12H17BrN2O3. The van der Waals surface area contributed by atoms with Gasteiger partial charge in [0.1, 0.15) is 10.4 Å². The number of methoxy groups -OCH3 is 1. The van der Waals surface area contributed by atoms with Crippen molar-refractivity contribution in [2.45, 2.75) is 19.4 Å². The molecular weight excluding hydrogens is 300 g/mol. The molecule has 0 aliphatic carbocycles. The van der Waals surface area contributed by atoms with E-state index in [1.54, 1.807) is 32.4 Å². The molecule has 100 valence electrons. The standard InChI is InChI=1S/C12H17BrN2O3/c1-9(12(16)14-6-3-7-17-2)18-10-4-5-11(13)15-8-10/h4-5,8-9H,3,6-7H2,1-2H3,(H,14,16). The third-order valence-corrected chi connectivity index (χ3v) is 2.68. The lowest BCUT2D eigenvalue weighted by Gasteiger charge is -2.14. The molecule has 0 aliphatic heterocycles. The molecule has 1 unspecified atom stereocenters. The number of carbonyl (C=O) groups is 1. The van der Waals surface area contributed by atoms with E-state index < -0.39 is 6.10 Å². The third kappa shape index (κ3) is 5.46. The van der Waals surface area contributed by atoms with E-state index in [1.165, 1.54) is 0 Å². The minimum atomic E-state index is -0.546. The molecule has 0 spiro atoms. The Balaban J connectivity index is 2.33. The fourth-order valence-electron chi connectivity index (χ4n) is 1.26. The van der Waals surface area contributed by atoms with Gasteiger partial charge in [-0.3, -0.25) is 4.79 Å². The molecule has 0 aliphatic rings. The Labute approximate surface area is 115 Å². The maximum absolute atomic E-state index is 11.7. The monoisotopic (exact) mass is 316 g/mol. The number of pyridine rings is 1. The van der Waals surface area contributed by atoms with Crippen LogP contribution >= 0.6 is 15.9 Å². The number of aromatic nitrogens is 1. The summed E-state index contributed by atoms with van der Waals surface area (Å²) >= 11 is 3.23. The van der Waals surface area contributed by atoms with Crippen molar-refractivity contribution in [3.8, 4) is 5.75 Å². The number of rotatable bonds is 7. The van der Waals surface area contributed by atoms with Crippen LogP contribution < -0.4 is 10.1 Å². The van der Waals surface area contributed by atoms with Crippen LogP contribution in [0.1, 0.15) is 13.3 Å². The highest BCUT2D eigenvalue weighted by Gasteiger charge is 2.13. The van der Waals surface area contributed by atoms with Crippen LogP contribution in [-0.4, -0.2) is 37.3 Å². The van der Waals surface area contributed by atoms with Crippen LogP contribution in [0.25, 0.3) is 0 Å². The van der Waals surface area contributed by atoms with Crippen molar-refractivity contribution in [1.29, 1.82) is 0 Å². The minimum Gasteiger partial charge on any atom is -0.479 e. The van der Waals surface area contributed by atoms with Crippen LogP contribution in [0.2, 0.25) is 0 Å². The Kier molecular flexibility index (Phi) is 6.67. The number of carbonyl (C=O) groups excluding carboxylic acids is 1. The van der Waals surface area contributed by atoms with Crippen LogP contribution in [0.15, 0.2) is 22.9 Å². The van der Waals surface area contributed by atoms with E-state index in [2.05, 4.69) is 26.2 Å². The summed E-state index contributed by atoms with van der Waals surface area (Å²) in [7, 11) is 1.63. The highest BCUT2D eigenvalue weighted by Crippen LogP contribution is 2.14. The number of halogens is 1. The van der Waals surface area contributed by atoms with Gasteiger partial charge in [0.05, 0.1) is 6.20 Å². The van der Waals surface area contributed by atoms with Gasteiger partial charge in [-0.1, -0.05) is 0 Å². The van der Waals surface area contributed by atoms with Gasteiger partial charge in [-0.25, -0.2) is 4.98 Å². The summed E-state index contributed by atoms with van der Waals surface area (Å²) in [6, 6.07) is 3.52. The Hall–Kier alpha value is -1.14. The first-order valence-electron chi connectivity index (χ1n) is 5.68. The van der Waals surface area contributed by atoms with Gasteiger partial charge in [0, 0.05) is 20.3 Å². The zero-order valence-corrected chi connectivity index (χ0v) is 12.1. The van der Waals surface area contributed by atoms with Crippen LogP contribution in [-0.2, 0) is 9.53 Å². The molecule has 6 heteroatoms. The summed E-state index contributed by atoms with van der Waals surface area (Å²) in [5.41, 5.74) is 0. The van der Waals surface area contributed by atoms with E-state index in [-0.39, 0.29) is 5.91 Å². The van der Waals surface area contributed by atoms with E-state index in [0.717, 1.165) is 11.0 Å². The Morgan fingerprint density at radius 1 is 1.56 bits per heavy atom. The molecule has 0 saturated heterocycles. The zero-order valence-electron chi connectivity index (χ0n) is 10.5. The van der Waals surface area contributed by atoms with E-state index in [9.17, 15) is 4.79 Å². The first-order chi connectivity index (χ1) is 8.63. The average Bonchev–Trinajstić information content (AvgIpc) is 2.37. The van der Waals surface area contributed by atoms with Crippen molar-refractivity contribution >= 4 is 21.8 Å². The zero-order chi connectivity index (χ0) is 13.4. The Morgan fingerprint density at radius 3 is 2.94 bits per heavy atom. The SMILES string of the molecule is COCCCNC(=O)C(C)Oc1ccc(Br)nc1. The molecule has 0 bridgehead atoms. The first-order valence-corrected chi connectivity index (χ1v) is 6.47. The highest BCUT2D eigenvalue weighted by atomic mass is 79.9. The third-order valence-electron chi connectivity index (χ3n) is 2.21. The van der Waals surface area contributed by atoms with Crippen molar-refractivity contribution in [3.05, 3.63) is 22.9 Å². The summed E-state index contributed by atoms with van der Waals surface area (Å²) in [6.07, 6.45) is 1.81. The number of hydrogen-bond acceptors (Lipinski definition) is 4. The molecule has 1 rings (SSSR count).